The van der Waals surface area contributed by atoms with Crippen molar-refractivity contribution in [2.75, 3.05) is 26.4 Å². The highest BCUT2D eigenvalue weighted by atomic mass is 19.4. The fraction of sp³-hybridized carbons (Fsp3) is 1.00. The van der Waals surface area contributed by atoms with E-state index in [0.717, 1.165) is 12.8 Å². The Labute approximate surface area is 86.7 Å². The summed E-state index contributed by atoms with van der Waals surface area (Å²) in [6.45, 7) is 0.0923. The quantitative estimate of drug-likeness (QED) is 0.770. The summed E-state index contributed by atoms with van der Waals surface area (Å²) in [4.78, 5) is 0. The molecule has 0 aliphatic carbocycles. The van der Waals surface area contributed by atoms with Crippen LogP contribution in [-0.4, -0.2) is 38.6 Å². The molecule has 2 N–H and O–H groups in total. The van der Waals surface area contributed by atoms with E-state index in [1.165, 1.54) is 0 Å². The maximum Gasteiger partial charge on any atom is 0.395 e. The first-order valence-electron chi connectivity index (χ1n) is 5.00. The molecule has 0 aromatic rings. The number of ether oxygens (including phenoxy) is 2. The molecule has 0 spiro atoms. The van der Waals surface area contributed by atoms with Crippen molar-refractivity contribution in [3.8, 4) is 0 Å². The third kappa shape index (κ3) is 4.36. The van der Waals surface area contributed by atoms with Gasteiger partial charge in [-0.25, -0.2) is 0 Å². The molecule has 15 heavy (non-hydrogen) atoms. The van der Waals surface area contributed by atoms with E-state index in [1.807, 2.05) is 0 Å². The van der Waals surface area contributed by atoms with Crippen molar-refractivity contribution in [3.05, 3.63) is 0 Å². The van der Waals surface area contributed by atoms with E-state index in [0.29, 0.717) is 6.61 Å². The van der Waals surface area contributed by atoms with Crippen LogP contribution in [0.3, 0.4) is 0 Å². The Bertz CT molecular complexity index is 181. The van der Waals surface area contributed by atoms with Crippen molar-refractivity contribution in [3.63, 3.8) is 0 Å². The number of halogens is 3. The molecule has 0 saturated carbocycles. The van der Waals surface area contributed by atoms with Crippen molar-refractivity contribution < 1.29 is 22.6 Å². The number of rotatable bonds is 5. The summed E-state index contributed by atoms with van der Waals surface area (Å²) >= 11 is 0. The lowest BCUT2D eigenvalue weighted by atomic mass is 10.1. The number of alkyl halides is 3. The number of nitrogens with two attached hydrogens (primary N) is 1. The Kier molecular flexibility index (Phi) is 4.82. The van der Waals surface area contributed by atoms with E-state index in [-0.39, 0.29) is 19.3 Å². The van der Waals surface area contributed by atoms with Gasteiger partial charge < -0.3 is 15.2 Å². The molecule has 1 aliphatic heterocycles. The lowest BCUT2D eigenvalue weighted by Gasteiger charge is -2.19. The second kappa shape index (κ2) is 5.67. The summed E-state index contributed by atoms with van der Waals surface area (Å²) in [7, 11) is 0. The SMILES string of the molecule is NCC(COCC1CCCO1)C(F)(F)F. The van der Waals surface area contributed by atoms with Gasteiger partial charge in [0.1, 0.15) is 0 Å². The highest BCUT2D eigenvalue weighted by molar-refractivity contribution is 4.69. The zero-order valence-corrected chi connectivity index (χ0v) is 8.43. The van der Waals surface area contributed by atoms with Crippen molar-refractivity contribution >= 4 is 0 Å². The molecule has 0 radical (unpaired) electrons. The third-order valence-corrected chi connectivity index (χ3v) is 2.39. The molecule has 1 saturated heterocycles. The molecule has 6 heteroatoms. The highest BCUT2D eigenvalue weighted by Gasteiger charge is 2.38. The second-order valence-electron chi connectivity index (χ2n) is 3.65. The maximum atomic E-state index is 12.2. The fourth-order valence-corrected chi connectivity index (χ4v) is 1.41. The summed E-state index contributed by atoms with van der Waals surface area (Å²) in [5.41, 5.74) is 5.02. The van der Waals surface area contributed by atoms with Gasteiger partial charge in [0.05, 0.1) is 25.2 Å². The van der Waals surface area contributed by atoms with Crippen LogP contribution in [0.5, 0.6) is 0 Å². The molecule has 1 heterocycles. The van der Waals surface area contributed by atoms with Gasteiger partial charge in [0.25, 0.3) is 0 Å². The van der Waals surface area contributed by atoms with Crippen LogP contribution in [0.15, 0.2) is 0 Å². The maximum absolute atomic E-state index is 12.2. The number of hydrogen-bond acceptors (Lipinski definition) is 3. The molecular weight excluding hydrogens is 211 g/mol. The minimum absolute atomic E-state index is 0.0448. The lowest BCUT2D eigenvalue weighted by Crippen LogP contribution is -2.34. The van der Waals surface area contributed by atoms with Gasteiger partial charge in [-0.05, 0) is 12.8 Å². The molecule has 1 fully saturated rings. The Morgan fingerprint density at radius 1 is 1.47 bits per heavy atom. The Morgan fingerprint density at radius 2 is 2.20 bits per heavy atom. The lowest BCUT2D eigenvalue weighted by molar-refractivity contribution is -0.187. The molecule has 0 amide bonds. The van der Waals surface area contributed by atoms with Crippen LogP contribution in [0.25, 0.3) is 0 Å². The van der Waals surface area contributed by atoms with E-state index in [2.05, 4.69) is 0 Å². The van der Waals surface area contributed by atoms with Gasteiger partial charge in [0.15, 0.2) is 0 Å². The normalized spacial score (nSPS) is 24.4. The summed E-state index contributed by atoms with van der Waals surface area (Å²) in [5, 5.41) is 0. The summed E-state index contributed by atoms with van der Waals surface area (Å²) in [6, 6.07) is 0. The predicted octanol–water partition coefficient (Wildman–Crippen LogP) is 1.32. The van der Waals surface area contributed by atoms with Crippen molar-refractivity contribution in [2.24, 2.45) is 11.7 Å². The van der Waals surface area contributed by atoms with Crippen LogP contribution in [0.4, 0.5) is 13.2 Å². The van der Waals surface area contributed by atoms with E-state index in [9.17, 15) is 13.2 Å². The molecule has 1 rings (SSSR count). The first-order chi connectivity index (χ1) is 7.04. The van der Waals surface area contributed by atoms with Crippen LogP contribution >= 0.6 is 0 Å². The largest absolute Gasteiger partial charge is 0.395 e. The summed E-state index contributed by atoms with van der Waals surface area (Å²) < 4.78 is 46.9. The molecule has 0 bridgehead atoms. The summed E-state index contributed by atoms with van der Waals surface area (Å²) in [6.07, 6.45) is -2.50. The second-order valence-corrected chi connectivity index (χ2v) is 3.65. The van der Waals surface area contributed by atoms with Gasteiger partial charge in [-0.15, -0.1) is 0 Å². The monoisotopic (exact) mass is 227 g/mol. The molecule has 0 aromatic carbocycles. The molecular formula is C9H16F3NO2. The smallest absolute Gasteiger partial charge is 0.378 e. The standard InChI is InChI=1S/C9H16F3NO2/c10-9(11,12)7(4-13)5-14-6-8-2-1-3-15-8/h7-8H,1-6,13H2. The molecule has 1 aliphatic rings. The van der Waals surface area contributed by atoms with Crippen LogP contribution < -0.4 is 5.73 Å². The average molecular weight is 227 g/mol. The van der Waals surface area contributed by atoms with Crippen molar-refractivity contribution in [1.82, 2.24) is 0 Å². The first-order valence-corrected chi connectivity index (χ1v) is 5.00. The summed E-state index contributed by atoms with van der Waals surface area (Å²) in [5.74, 6) is -1.57. The van der Waals surface area contributed by atoms with Gasteiger partial charge in [-0.3, -0.25) is 0 Å². The molecule has 3 nitrogen and oxygen atoms in total. The van der Waals surface area contributed by atoms with Crippen molar-refractivity contribution in [2.45, 2.75) is 25.1 Å². The minimum atomic E-state index is -4.27. The Hall–Kier alpha value is -0.330. The van der Waals surface area contributed by atoms with Gasteiger partial charge in [-0.1, -0.05) is 0 Å². The Morgan fingerprint density at radius 3 is 2.67 bits per heavy atom. The molecule has 2 atom stereocenters. The zero-order valence-electron chi connectivity index (χ0n) is 8.43. The Balaban J connectivity index is 2.16. The average Bonchev–Trinajstić information content (AvgIpc) is 2.62. The molecule has 90 valence electrons. The van der Waals surface area contributed by atoms with Crippen LogP contribution in [-0.2, 0) is 9.47 Å². The van der Waals surface area contributed by atoms with Crippen LogP contribution in [0, 0.1) is 5.92 Å². The number of hydrogen-bond donors (Lipinski definition) is 1. The highest BCUT2D eigenvalue weighted by Crippen LogP contribution is 2.25. The van der Waals surface area contributed by atoms with Gasteiger partial charge >= 0.3 is 6.18 Å². The van der Waals surface area contributed by atoms with E-state index in [1.54, 1.807) is 0 Å². The van der Waals surface area contributed by atoms with Crippen LogP contribution in [0.2, 0.25) is 0 Å². The van der Waals surface area contributed by atoms with E-state index >= 15 is 0 Å². The minimum Gasteiger partial charge on any atom is -0.378 e. The van der Waals surface area contributed by atoms with Gasteiger partial charge in [-0.2, -0.15) is 13.2 Å². The van der Waals surface area contributed by atoms with Crippen molar-refractivity contribution in [1.29, 1.82) is 0 Å². The molecule has 2 unspecified atom stereocenters. The zero-order chi connectivity index (χ0) is 11.3. The topological polar surface area (TPSA) is 44.5 Å². The predicted molar refractivity (Wildman–Crippen MR) is 48.4 cm³/mol. The van der Waals surface area contributed by atoms with E-state index < -0.39 is 18.6 Å². The molecule has 0 aromatic heterocycles. The van der Waals surface area contributed by atoms with Gasteiger partial charge in [0, 0.05) is 13.2 Å². The van der Waals surface area contributed by atoms with E-state index in [4.69, 9.17) is 15.2 Å². The van der Waals surface area contributed by atoms with Gasteiger partial charge in [0.2, 0.25) is 0 Å². The third-order valence-electron chi connectivity index (χ3n) is 2.39. The first kappa shape index (κ1) is 12.7. The fourth-order valence-electron chi connectivity index (χ4n) is 1.41. The van der Waals surface area contributed by atoms with Crippen LogP contribution in [0.1, 0.15) is 12.8 Å².